The SMILES string of the molecule is CCC(=O)[C@@H](C)[C@H](O)[C@@H](NC(=O)OC(C)(C)C)c1ccccc1. The number of hydrogen-bond acceptors (Lipinski definition) is 4. The Kier molecular flexibility index (Phi) is 6.76. The Morgan fingerprint density at radius 1 is 1.22 bits per heavy atom. The van der Waals surface area contributed by atoms with E-state index in [9.17, 15) is 14.7 Å². The van der Waals surface area contributed by atoms with E-state index in [-0.39, 0.29) is 5.78 Å². The van der Waals surface area contributed by atoms with E-state index >= 15 is 0 Å². The van der Waals surface area contributed by atoms with E-state index in [2.05, 4.69) is 5.32 Å². The Hall–Kier alpha value is -1.88. The zero-order valence-corrected chi connectivity index (χ0v) is 14.5. The van der Waals surface area contributed by atoms with Gasteiger partial charge in [0.05, 0.1) is 12.1 Å². The van der Waals surface area contributed by atoms with Crippen molar-refractivity contribution in [3.8, 4) is 0 Å². The average molecular weight is 321 g/mol. The van der Waals surface area contributed by atoms with E-state index in [0.717, 1.165) is 5.56 Å². The second-order valence-corrected chi connectivity index (χ2v) is 6.63. The number of amides is 1. The van der Waals surface area contributed by atoms with Crippen LogP contribution >= 0.6 is 0 Å². The van der Waals surface area contributed by atoms with Gasteiger partial charge in [-0.2, -0.15) is 0 Å². The lowest BCUT2D eigenvalue weighted by Gasteiger charge is -2.29. The van der Waals surface area contributed by atoms with Crippen molar-refractivity contribution in [1.29, 1.82) is 0 Å². The summed E-state index contributed by atoms with van der Waals surface area (Å²) in [6.07, 6.45) is -1.31. The number of aliphatic hydroxyl groups is 1. The van der Waals surface area contributed by atoms with E-state index in [1.165, 1.54) is 0 Å². The number of rotatable bonds is 6. The molecule has 1 amide bonds. The van der Waals surface area contributed by atoms with Crippen molar-refractivity contribution in [1.82, 2.24) is 5.32 Å². The first-order valence-corrected chi connectivity index (χ1v) is 7.91. The van der Waals surface area contributed by atoms with Crippen molar-refractivity contribution in [2.24, 2.45) is 5.92 Å². The topological polar surface area (TPSA) is 75.6 Å². The molecule has 0 spiro atoms. The van der Waals surface area contributed by atoms with E-state index in [1.54, 1.807) is 46.8 Å². The van der Waals surface area contributed by atoms with Crippen LogP contribution < -0.4 is 5.32 Å². The van der Waals surface area contributed by atoms with Gasteiger partial charge in [-0.15, -0.1) is 0 Å². The van der Waals surface area contributed by atoms with Crippen LogP contribution in [0, 0.1) is 5.92 Å². The fraction of sp³-hybridized carbons (Fsp3) is 0.556. The molecule has 1 aromatic carbocycles. The fourth-order valence-electron chi connectivity index (χ4n) is 2.26. The number of aliphatic hydroxyl groups excluding tert-OH is 1. The van der Waals surface area contributed by atoms with Crippen LogP contribution in [0.15, 0.2) is 30.3 Å². The third-order valence-electron chi connectivity index (χ3n) is 3.54. The lowest BCUT2D eigenvalue weighted by molar-refractivity contribution is -0.126. The van der Waals surface area contributed by atoms with Crippen molar-refractivity contribution in [3.05, 3.63) is 35.9 Å². The minimum atomic E-state index is -1.03. The van der Waals surface area contributed by atoms with Gasteiger partial charge in [-0.3, -0.25) is 4.79 Å². The summed E-state index contributed by atoms with van der Waals surface area (Å²) in [5, 5.41) is 13.3. The van der Waals surface area contributed by atoms with Crippen LogP contribution in [0.3, 0.4) is 0 Å². The number of carbonyl (C=O) groups excluding carboxylic acids is 2. The predicted octanol–water partition coefficient (Wildman–Crippen LogP) is 3.23. The smallest absolute Gasteiger partial charge is 0.408 e. The Labute approximate surface area is 138 Å². The van der Waals surface area contributed by atoms with Crippen molar-refractivity contribution in [3.63, 3.8) is 0 Å². The second kappa shape index (κ2) is 8.11. The third kappa shape index (κ3) is 6.02. The van der Waals surface area contributed by atoms with Crippen molar-refractivity contribution in [2.75, 3.05) is 0 Å². The van der Waals surface area contributed by atoms with Crippen molar-refractivity contribution >= 4 is 11.9 Å². The second-order valence-electron chi connectivity index (χ2n) is 6.63. The summed E-state index contributed by atoms with van der Waals surface area (Å²) in [4.78, 5) is 24.0. The van der Waals surface area contributed by atoms with Gasteiger partial charge in [0.2, 0.25) is 0 Å². The van der Waals surface area contributed by atoms with E-state index in [0.29, 0.717) is 6.42 Å². The number of hydrogen-bond donors (Lipinski definition) is 2. The zero-order chi connectivity index (χ0) is 17.6. The maximum Gasteiger partial charge on any atom is 0.408 e. The summed E-state index contributed by atoms with van der Waals surface area (Å²) < 4.78 is 5.26. The highest BCUT2D eigenvalue weighted by Gasteiger charge is 2.32. The summed E-state index contributed by atoms with van der Waals surface area (Å²) in [7, 11) is 0. The van der Waals surface area contributed by atoms with Crippen LogP contribution in [0.1, 0.15) is 52.6 Å². The first-order chi connectivity index (χ1) is 10.7. The van der Waals surface area contributed by atoms with Gasteiger partial charge in [-0.05, 0) is 26.3 Å². The molecule has 1 aromatic rings. The van der Waals surface area contributed by atoms with Crippen LogP contribution in [0.25, 0.3) is 0 Å². The maximum atomic E-state index is 12.1. The van der Waals surface area contributed by atoms with Gasteiger partial charge < -0.3 is 15.2 Å². The molecular formula is C18H27NO4. The molecule has 0 unspecified atom stereocenters. The molecule has 1 rings (SSSR count). The van der Waals surface area contributed by atoms with Gasteiger partial charge in [0.25, 0.3) is 0 Å². The van der Waals surface area contributed by atoms with Gasteiger partial charge >= 0.3 is 6.09 Å². The molecule has 2 N–H and O–H groups in total. The molecule has 5 nitrogen and oxygen atoms in total. The van der Waals surface area contributed by atoms with Crippen molar-refractivity contribution < 1.29 is 19.4 Å². The highest BCUT2D eigenvalue weighted by molar-refractivity contribution is 5.81. The number of nitrogens with one attached hydrogen (secondary N) is 1. The Morgan fingerprint density at radius 2 is 1.78 bits per heavy atom. The standard InChI is InChI=1S/C18H27NO4/c1-6-14(20)12(2)16(21)15(13-10-8-7-9-11-13)19-17(22)23-18(3,4)5/h7-12,15-16,21H,6H2,1-5H3,(H,19,22)/t12-,15+,16+/m1/s1. The van der Waals surface area contributed by atoms with E-state index in [4.69, 9.17) is 4.74 Å². The molecule has 0 fully saturated rings. The first-order valence-electron chi connectivity index (χ1n) is 7.91. The molecule has 0 heterocycles. The van der Waals surface area contributed by atoms with Gasteiger partial charge in [0, 0.05) is 12.3 Å². The van der Waals surface area contributed by atoms with Crippen LogP contribution in [-0.2, 0) is 9.53 Å². The lowest BCUT2D eigenvalue weighted by Crippen LogP contribution is -2.43. The molecule has 3 atom stereocenters. The summed E-state index contributed by atoms with van der Waals surface area (Å²) >= 11 is 0. The van der Waals surface area contributed by atoms with Crippen LogP contribution in [0.2, 0.25) is 0 Å². The van der Waals surface area contributed by atoms with Crippen LogP contribution in [0.5, 0.6) is 0 Å². The summed E-state index contributed by atoms with van der Waals surface area (Å²) in [6.45, 7) is 8.73. The number of alkyl carbamates (subject to hydrolysis) is 1. The van der Waals surface area contributed by atoms with Gasteiger partial charge in [-0.25, -0.2) is 4.79 Å². The molecule has 0 radical (unpaired) electrons. The molecule has 128 valence electrons. The summed E-state index contributed by atoms with van der Waals surface area (Å²) in [5.41, 5.74) is 0.0859. The number of ether oxygens (including phenoxy) is 1. The molecule has 0 aliphatic rings. The zero-order valence-electron chi connectivity index (χ0n) is 14.5. The van der Waals surface area contributed by atoms with E-state index in [1.807, 2.05) is 18.2 Å². The van der Waals surface area contributed by atoms with Gasteiger partial charge in [0.1, 0.15) is 11.4 Å². The quantitative estimate of drug-likeness (QED) is 0.843. The van der Waals surface area contributed by atoms with Crippen molar-refractivity contribution in [2.45, 2.75) is 58.8 Å². The highest BCUT2D eigenvalue weighted by atomic mass is 16.6. The number of Topliss-reactive ketones (excluding diaryl/α,β-unsaturated/α-hetero) is 1. The van der Waals surface area contributed by atoms with Gasteiger partial charge in [0.15, 0.2) is 0 Å². The average Bonchev–Trinajstić information content (AvgIpc) is 2.49. The maximum absolute atomic E-state index is 12.1. The minimum Gasteiger partial charge on any atom is -0.444 e. The van der Waals surface area contributed by atoms with E-state index < -0.39 is 29.8 Å². The van der Waals surface area contributed by atoms with Crippen LogP contribution in [0.4, 0.5) is 4.79 Å². The molecule has 0 aliphatic carbocycles. The molecular weight excluding hydrogens is 294 g/mol. The summed E-state index contributed by atoms with van der Waals surface area (Å²) in [6, 6.07) is 8.37. The number of benzene rings is 1. The lowest BCUT2D eigenvalue weighted by atomic mass is 9.89. The normalized spacial score (nSPS) is 15.4. The molecule has 23 heavy (non-hydrogen) atoms. The number of ketones is 1. The number of carbonyl (C=O) groups is 2. The summed E-state index contributed by atoms with van der Waals surface area (Å²) in [5.74, 6) is -0.635. The van der Waals surface area contributed by atoms with Crippen LogP contribution in [-0.4, -0.2) is 28.7 Å². The first kappa shape index (κ1) is 19.2. The Bertz CT molecular complexity index is 522. The predicted molar refractivity (Wildman–Crippen MR) is 89.0 cm³/mol. The molecule has 0 aliphatic heterocycles. The molecule has 0 saturated heterocycles. The molecule has 0 aromatic heterocycles. The minimum absolute atomic E-state index is 0.0515. The fourth-order valence-corrected chi connectivity index (χ4v) is 2.26. The Morgan fingerprint density at radius 3 is 2.26 bits per heavy atom. The monoisotopic (exact) mass is 321 g/mol. The Balaban J connectivity index is 2.99. The third-order valence-corrected chi connectivity index (χ3v) is 3.54. The molecule has 0 saturated carbocycles. The molecule has 5 heteroatoms. The van der Waals surface area contributed by atoms with Gasteiger partial charge in [-0.1, -0.05) is 44.2 Å². The molecule has 0 bridgehead atoms. The highest BCUT2D eigenvalue weighted by Crippen LogP contribution is 2.24. The largest absolute Gasteiger partial charge is 0.444 e.